The van der Waals surface area contributed by atoms with Crippen molar-refractivity contribution in [2.45, 2.75) is 51.1 Å². The molecule has 0 unspecified atom stereocenters. The van der Waals surface area contributed by atoms with Crippen LogP contribution in [0.3, 0.4) is 0 Å². The molecule has 0 atom stereocenters. The summed E-state index contributed by atoms with van der Waals surface area (Å²) in [6, 6.07) is 17.6. The first kappa shape index (κ1) is 22.6. The second-order valence-electron chi connectivity index (χ2n) is 8.41. The lowest BCUT2D eigenvalue weighted by Crippen LogP contribution is -2.32. The van der Waals surface area contributed by atoms with Crippen molar-refractivity contribution in [3.63, 3.8) is 0 Å². The standard InChI is InChI=1S/C27H29NO5/c29-26(30)8-2-1-5-16-33-25-7-4-3-6-22(25)18-28(24-13-14-24)27(31)21-11-9-20(10-12-21)23-15-17-32-19-23/h3-4,6-7,9-12,15,17,19,24H,1-2,5,8,13-14,16,18H2,(H,29,30). The lowest BCUT2D eigenvalue weighted by Gasteiger charge is -2.24. The van der Waals surface area contributed by atoms with Gasteiger partial charge in [0.1, 0.15) is 5.75 Å². The molecule has 1 N–H and O–H groups in total. The van der Waals surface area contributed by atoms with Crippen LogP contribution in [-0.2, 0) is 11.3 Å². The van der Waals surface area contributed by atoms with E-state index in [1.165, 1.54) is 0 Å². The number of hydrogen-bond donors (Lipinski definition) is 1. The van der Waals surface area contributed by atoms with Crippen LogP contribution in [-0.4, -0.2) is 34.5 Å². The van der Waals surface area contributed by atoms with E-state index in [-0.39, 0.29) is 18.4 Å². The average molecular weight is 448 g/mol. The van der Waals surface area contributed by atoms with Crippen LogP contribution in [0.15, 0.2) is 71.5 Å². The summed E-state index contributed by atoms with van der Waals surface area (Å²) in [6.07, 6.45) is 7.83. The molecule has 1 amide bonds. The van der Waals surface area contributed by atoms with Crippen molar-refractivity contribution in [2.75, 3.05) is 6.61 Å². The van der Waals surface area contributed by atoms with Crippen molar-refractivity contribution in [1.82, 2.24) is 4.90 Å². The summed E-state index contributed by atoms with van der Waals surface area (Å²) in [5, 5.41) is 8.73. The summed E-state index contributed by atoms with van der Waals surface area (Å²) >= 11 is 0. The van der Waals surface area contributed by atoms with Crippen LogP contribution in [0.2, 0.25) is 0 Å². The Morgan fingerprint density at radius 1 is 0.970 bits per heavy atom. The second-order valence-corrected chi connectivity index (χ2v) is 8.41. The minimum absolute atomic E-state index is 0.0275. The van der Waals surface area contributed by atoms with Crippen LogP contribution < -0.4 is 4.74 Å². The van der Waals surface area contributed by atoms with E-state index in [2.05, 4.69) is 0 Å². The van der Waals surface area contributed by atoms with Crippen LogP contribution in [0.5, 0.6) is 5.75 Å². The van der Waals surface area contributed by atoms with Crippen molar-refractivity contribution in [2.24, 2.45) is 0 Å². The van der Waals surface area contributed by atoms with E-state index in [0.29, 0.717) is 25.1 Å². The Kier molecular flexibility index (Phi) is 7.45. The van der Waals surface area contributed by atoms with Gasteiger partial charge >= 0.3 is 5.97 Å². The Morgan fingerprint density at radius 3 is 2.45 bits per heavy atom. The fraction of sp³-hybridized carbons (Fsp3) is 0.333. The van der Waals surface area contributed by atoms with Gasteiger partial charge in [-0.25, -0.2) is 0 Å². The molecule has 1 aliphatic rings. The third-order valence-corrected chi connectivity index (χ3v) is 5.84. The number of nitrogens with zero attached hydrogens (tertiary/aromatic N) is 1. The molecule has 3 aromatic rings. The zero-order valence-corrected chi connectivity index (χ0v) is 18.6. The highest BCUT2D eigenvalue weighted by Crippen LogP contribution is 2.32. The fourth-order valence-corrected chi connectivity index (χ4v) is 3.85. The number of carbonyl (C=O) groups excluding carboxylic acids is 1. The molecule has 6 nitrogen and oxygen atoms in total. The average Bonchev–Trinajstić information content (AvgIpc) is 3.52. The zero-order chi connectivity index (χ0) is 23.0. The normalized spacial score (nSPS) is 13.0. The maximum Gasteiger partial charge on any atom is 0.303 e. The van der Waals surface area contributed by atoms with Gasteiger partial charge in [0.25, 0.3) is 5.91 Å². The number of rotatable bonds is 12. The zero-order valence-electron chi connectivity index (χ0n) is 18.6. The van der Waals surface area contributed by atoms with Crippen molar-refractivity contribution >= 4 is 11.9 Å². The monoisotopic (exact) mass is 447 g/mol. The Labute approximate surface area is 193 Å². The van der Waals surface area contributed by atoms with Crippen LogP contribution in [0.25, 0.3) is 11.1 Å². The van der Waals surface area contributed by atoms with E-state index in [4.69, 9.17) is 14.3 Å². The van der Waals surface area contributed by atoms with Crippen molar-refractivity contribution in [1.29, 1.82) is 0 Å². The number of ether oxygens (including phenoxy) is 1. The Bertz CT molecular complexity index is 1050. The molecule has 0 spiro atoms. The summed E-state index contributed by atoms with van der Waals surface area (Å²) in [4.78, 5) is 25.9. The molecule has 4 rings (SSSR count). The lowest BCUT2D eigenvalue weighted by molar-refractivity contribution is -0.137. The van der Waals surface area contributed by atoms with E-state index in [1.807, 2.05) is 59.5 Å². The molecule has 1 fully saturated rings. The van der Waals surface area contributed by atoms with Gasteiger partial charge in [0.05, 0.1) is 19.1 Å². The first-order chi connectivity index (χ1) is 16.1. The fourth-order valence-electron chi connectivity index (χ4n) is 3.85. The minimum atomic E-state index is -0.762. The van der Waals surface area contributed by atoms with Crippen molar-refractivity contribution in [3.05, 3.63) is 78.3 Å². The number of carboxylic acid groups (broad SMARTS) is 1. The molecule has 33 heavy (non-hydrogen) atoms. The molecule has 1 saturated carbocycles. The van der Waals surface area contributed by atoms with Crippen LogP contribution in [0.4, 0.5) is 0 Å². The largest absolute Gasteiger partial charge is 0.493 e. The number of unbranched alkanes of at least 4 members (excludes halogenated alkanes) is 2. The topological polar surface area (TPSA) is 80.0 Å². The maximum atomic E-state index is 13.3. The number of carboxylic acids is 1. The lowest BCUT2D eigenvalue weighted by atomic mass is 10.1. The molecule has 0 bridgehead atoms. The number of para-hydroxylation sites is 1. The van der Waals surface area contributed by atoms with E-state index < -0.39 is 5.97 Å². The van der Waals surface area contributed by atoms with E-state index >= 15 is 0 Å². The summed E-state index contributed by atoms with van der Waals surface area (Å²) in [7, 11) is 0. The van der Waals surface area contributed by atoms with Gasteiger partial charge in [-0.2, -0.15) is 0 Å². The summed E-state index contributed by atoms with van der Waals surface area (Å²) < 4.78 is 11.1. The molecule has 0 aliphatic heterocycles. The smallest absolute Gasteiger partial charge is 0.303 e. The van der Waals surface area contributed by atoms with Gasteiger partial charge in [-0.15, -0.1) is 0 Å². The van der Waals surface area contributed by atoms with Crippen LogP contribution in [0.1, 0.15) is 54.4 Å². The van der Waals surface area contributed by atoms with Gasteiger partial charge in [-0.1, -0.05) is 30.3 Å². The van der Waals surface area contributed by atoms with Crippen LogP contribution >= 0.6 is 0 Å². The third kappa shape index (κ3) is 6.25. The van der Waals surface area contributed by atoms with Gasteiger partial charge < -0.3 is 19.2 Å². The predicted molar refractivity (Wildman–Crippen MR) is 125 cm³/mol. The molecule has 6 heteroatoms. The number of carbonyl (C=O) groups is 2. The van der Waals surface area contributed by atoms with Gasteiger partial charge in [0.15, 0.2) is 0 Å². The minimum Gasteiger partial charge on any atom is -0.493 e. The van der Waals surface area contributed by atoms with E-state index in [0.717, 1.165) is 48.1 Å². The molecule has 1 aromatic heterocycles. The number of benzene rings is 2. The highest BCUT2D eigenvalue weighted by atomic mass is 16.5. The van der Waals surface area contributed by atoms with Crippen molar-refractivity contribution < 1.29 is 23.8 Å². The third-order valence-electron chi connectivity index (χ3n) is 5.84. The summed E-state index contributed by atoms with van der Waals surface area (Å²) in [5.41, 5.74) is 3.66. The SMILES string of the molecule is O=C(O)CCCCCOc1ccccc1CN(C(=O)c1ccc(-c2ccoc2)cc1)C1CC1. The highest BCUT2D eigenvalue weighted by Gasteiger charge is 2.33. The molecule has 2 aromatic carbocycles. The van der Waals surface area contributed by atoms with Gasteiger partial charge in [0, 0.05) is 35.7 Å². The first-order valence-corrected chi connectivity index (χ1v) is 11.5. The van der Waals surface area contributed by atoms with Gasteiger partial charge in [-0.3, -0.25) is 9.59 Å². The predicted octanol–water partition coefficient (Wildman–Crippen LogP) is 5.78. The second kappa shape index (κ2) is 10.9. The number of aliphatic carboxylic acids is 1. The molecule has 1 heterocycles. The Morgan fingerprint density at radius 2 is 1.76 bits per heavy atom. The summed E-state index contributed by atoms with van der Waals surface area (Å²) in [5.74, 6) is 0.0476. The van der Waals surface area contributed by atoms with Crippen molar-refractivity contribution in [3.8, 4) is 16.9 Å². The molecule has 0 saturated heterocycles. The molecular weight excluding hydrogens is 418 g/mol. The highest BCUT2D eigenvalue weighted by molar-refractivity contribution is 5.95. The van der Waals surface area contributed by atoms with Gasteiger partial charge in [0.2, 0.25) is 0 Å². The number of amides is 1. The summed E-state index contributed by atoms with van der Waals surface area (Å²) in [6.45, 7) is 1.03. The Balaban J connectivity index is 1.39. The van der Waals surface area contributed by atoms with Crippen LogP contribution in [0, 0.1) is 0 Å². The first-order valence-electron chi connectivity index (χ1n) is 11.5. The van der Waals surface area contributed by atoms with E-state index in [9.17, 15) is 9.59 Å². The van der Waals surface area contributed by atoms with Gasteiger partial charge in [-0.05, 0) is 61.9 Å². The molecule has 0 radical (unpaired) electrons. The van der Waals surface area contributed by atoms with E-state index in [1.54, 1.807) is 12.5 Å². The maximum absolute atomic E-state index is 13.3. The molecular formula is C27H29NO5. The molecule has 1 aliphatic carbocycles. The molecule has 172 valence electrons. The number of hydrogen-bond acceptors (Lipinski definition) is 4. The Hall–Kier alpha value is -3.54. The number of furan rings is 1. The quantitative estimate of drug-likeness (QED) is 0.356.